The largest absolute Gasteiger partial charge is 0.372 e. The molecule has 0 aromatic carbocycles. The molecule has 0 bridgehead atoms. The summed E-state index contributed by atoms with van der Waals surface area (Å²) in [6.07, 6.45) is 0. The highest BCUT2D eigenvalue weighted by atomic mass is 35.5. The van der Waals surface area contributed by atoms with Crippen LogP contribution in [0.4, 0.5) is 0 Å². The van der Waals surface area contributed by atoms with E-state index in [-0.39, 0.29) is 0 Å². The predicted octanol–water partition coefficient (Wildman–Crippen LogP) is 2.06. The fourth-order valence-corrected chi connectivity index (χ4v) is 1.08. The number of methoxy groups -OCH3 is 1. The molecule has 0 N–H and O–H groups in total. The SMILES string of the molecule is COC(C)P(C)(=O)OCl. The monoisotopic (exact) mass is 172 g/mol. The van der Waals surface area contributed by atoms with E-state index in [0.717, 1.165) is 0 Å². The van der Waals surface area contributed by atoms with Crippen LogP contribution in [0.2, 0.25) is 0 Å². The molecule has 0 aliphatic rings. The van der Waals surface area contributed by atoms with E-state index in [0.29, 0.717) is 0 Å². The molecule has 0 spiro atoms. The standard InChI is InChI=1S/C4H10ClO3P/c1-4(7-2)9(3,6)8-5/h4H,1-3H3. The summed E-state index contributed by atoms with van der Waals surface area (Å²) in [6.45, 7) is 3.07. The Morgan fingerprint density at radius 1 is 1.67 bits per heavy atom. The van der Waals surface area contributed by atoms with Gasteiger partial charge >= 0.3 is 0 Å². The Labute approximate surface area is 59.9 Å². The summed E-state index contributed by atoms with van der Waals surface area (Å²) < 4.78 is 20.0. The Balaban J connectivity index is 3.98. The third kappa shape index (κ3) is 2.67. The normalized spacial score (nSPS) is 20.9. The average Bonchev–Trinajstić information content (AvgIpc) is 1.86. The molecule has 0 rings (SSSR count). The van der Waals surface area contributed by atoms with Crippen LogP contribution >= 0.6 is 19.2 Å². The van der Waals surface area contributed by atoms with Gasteiger partial charge in [-0.05, 0) is 6.92 Å². The molecule has 0 heterocycles. The molecule has 0 aliphatic carbocycles. The van der Waals surface area contributed by atoms with E-state index >= 15 is 0 Å². The summed E-state index contributed by atoms with van der Waals surface area (Å²) in [5.41, 5.74) is 0. The fraction of sp³-hybridized carbons (Fsp3) is 1.00. The highest BCUT2D eigenvalue weighted by molar-refractivity contribution is 7.59. The maximum absolute atomic E-state index is 11.0. The Hall–Kier alpha value is 0.440. The summed E-state index contributed by atoms with van der Waals surface area (Å²) in [5.74, 6) is -0.435. The number of ether oxygens (including phenoxy) is 1. The van der Waals surface area contributed by atoms with Crippen molar-refractivity contribution < 1.29 is 13.4 Å². The molecule has 56 valence electrons. The van der Waals surface area contributed by atoms with Crippen LogP contribution in [0.25, 0.3) is 0 Å². The van der Waals surface area contributed by atoms with Gasteiger partial charge in [0.2, 0.25) is 7.37 Å². The van der Waals surface area contributed by atoms with Crippen molar-refractivity contribution >= 4 is 19.2 Å². The van der Waals surface area contributed by atoms with Gasteiger partial charge in [0.05, 0.1) is 11.9 Å². The van der Waals surface area contributed by atoms with Crippen LogP contribution in [-0.4, -0.2) is 19.6 Å². The summed E-state index contributed by atoms with van der Waals surface area (Å²) in [6, 6.07) is 0. The molecule has 2 unspecified atom stereocenters. The van der Waals surface area contributed by atoms with Gasteiger partial charge in [0, 0.05) is 13.8 Å². The molecule has 9 heavy (non-hydrogen) atoms. The molecule has 5 heteroatoms. The molecular weight excluding hydrogens is 162 g/mol. The van der Waals surface area contributed by atoms with Crippen molar-refractivity contribution in [1.82, 2.24) is 0 Å². The minimum absolute atomic E-state index is 0.435. The van der Waals surface area contributed by atoms with Gasteiger partial charge in [0.1, 0.15) is 5.85 Å². The number of hydrogen-bond donors (Lipinski definition) is 0. The van der Waals surface area contributed by atoms with Crippen molar-refractivity contribution in [2.75, 3.05) is 13.8 Å². The summed E-state index contributed by atoms with van der Waals surface area (Å²) in [7, 11) is -1.27. The van der Waals surface area contributed by atoms with Crippen molar-refractivity contribution in [3.05, 3.63) is 0 Å². The van der Waals surface area contributed by atoms with Gasteiger partial charge in [-0.2, -0.15) is 0 Å². The van der Waals surface area contributed by atoms with Gasteiger partial charge in [-0.1, -0.05) is 0 Å². The molecule has 0 saturated carbocycles. The third-order valence-electron chi connectivity index (χ3n) is 1.14. The van der Waals surface area contributed by atoms with Gasteiger partial charge in [-0.3, -0.25) is 4.57 Å². The van der Waals surface area contributed by atoms with E-state index in [1.807, 2.05) is 0 Å². The van der Waals surface area contributed by atoms with E-state index in [1.165, 1.54) is 13.8 Å². The zero-order chi connectivity index (χ0) is 7.49. The average molecular weight is 173 g/mol. The smallest absolute Gasteiger partial charge is 0.245 e. The predicted molar refractivity (Wildman–Crippen MR) is 36.9 cm³/mol. The van der Waals surface area contributed by atoms with E-state index < -0.39 is 13.2 Å². The Kier molecular flexibility index (Phi) is 3.74. The molecule has 0 aromatic heterocycles. The second-order valence-corrected chi connectivity index (χ2v) is 4.91. The van der Waals surface area contributed by atoms with Crippen LogP contribution in [0.3, 0.4) is 0 Å². The molecule has 0 fully saturated rings. The molecule has 0 amide bonds. The van der Waals surface area contributed by atoms with Crippen LogP contribution < -0.4 is 0 Å². The lowest BCUT2D eigenvalue weighted by molar-refractivity contribution is 0.169. The van der Waals surface area contributed by atoms with Gasteiger partial charge < -0.3 is 4.74 Å². The highest BCUT2D eigenvalue weighted by Crippen LogP contribution is 2.49. The molecule has 0 radical (unpaired) electrons. The lowest BCUT2D eigenvalue weighted by Gasteiger charge is -2.14. The Bertz CT molecular complexity index is 127. The summed E-state index contributed by atoms with van der Waals surface area (Å²) in [4.78, 5) is 0. The first-order chi connectivity index (χ1) is 4.04. The topological polar surface area (TPSA) is 35.5 Å². The maximum atomic E-state index is 11.0. The van der Waals surface area contributed by atoms with Gasteiger partial charge in [-0.25, -0.2) is 4.08 Å². The summed E-state index contributed by atoms with van der Waals surface area (Å²) >= 11 is 4.92. The lowest BCUT2D eigenvalue weighted by atomic mass is 10.9. The molecular formula is C4H10ClO3P. The second kappa shape index (κ2) is 3.57. The molecule has 3 nitrogen and oxygen atoms in total. The minimum Gasteiger partial charge on any atom is -0.372 e. The number of hydrogen-bond acceptors (Lipinski definition) is 3. The first-order valence-corrected chi connectivity index (χ1v) is 4.90. The lowest BCUT2D eigenvalue weighted by Crippen LogP contribution is -2.04. The van der Waals surface area contributed by atoms with Crippen LogP contribution in [-0.2, 0) is 13.4 Å². The molecule has 2 atom stereocenters. The molecule has 0 aliphatic heterocycles. The van der Waals surface area contributed by atoms with E-state index in [9.17, 15) is 4.57 Å². The van der Waals surface area contributed by atoms with E-state index in [4.69, 9.17) is 16.6 Å². The van der Waals surface area contributed by atoms with Gasteiger partial charge in [0.15, 0.2) is 0 Å². The van der Waals surface area contributed by atoms with Crippen molar-refractivity contribution in [2.45, 2.75) is 12.8 Å². The Morgan fingerprint density at radius 3 is 2.22 bits per heavy atom. The second-order valence-electron chi connectivity index (χ2n) is 1.81. The Morgan fingerprint density at radius 2 is 2.11 bits per heavy atom. The van der Waals surface area contributed by atoms with Crippen molar-refractivity contribution in [2.24, 2.45) is 0 Å². The fourth-order valence-electron chi connectivity index (χ4n) is 0.248. The highest BCUT2D eigenvalue weighted by Gasteiger charge is 2.24. The van der Waals surface area contributed by atoms with Crippen LogP contribution in [0.15, 0.2) is 0 Å². The maximum Gasteiger partial charge on any atom is 0.245 e. The van der Waals surface area contributed by atoms with E-state index in [1.54, 1.807) is 6.92 Å². The van der Waals surface area contributed by atoms with Crippen LogP contribution in [0, 0.1) is 0 Å². The zero-order valence-corrected chi connectivity index (χ0v) is 7.28. The quantitative estimate of drug-likeness (QED) is 0.612. The number of rotatable bonds is 3. The van der Waals surface area contributed by atoms with Crippen LogP contribution in [0.1, 0.15) is 6.92 Å². The van der Waals surface area contributed by atoms with Crippen LogP contribution in [0.5, 0.6) is 0 Å². The van der Waals surface area contributed by atoms with Crippen molar-refractivity contribution in [1.29, 1.82) is 0 Å². The summed E-state index contributed by atoms with van der Waals surface area (Å²) in [5, 5.41) is 0. The molecule has 0 saturated heterocycles. The van der Waals surface area contributed by atoms with Gasteiger partial charge in [0.25, 0.3) is 0 Å². The first-order valence-electron chi connectivity index (χ1n) is 2.45. The van der Waals surface area contributed by atoms with E-state index in [2.05, 4.69) is 4.08 Å². The zero-order valence-electron chi connectivity index (χ0n) is 5.63. The first kappa shape index (κ1) is 9.44. The van der Waals surface area contributed by atoms with Gasteiger partial charge in [-0.15, -0.1) is 0 Å². The van der Waals surface area contributed by atoms with Crippen molar-refractivity contribution in [3.63, 3.8) is 0 Å². The van der Waals surface area contributed by atoms with Crippen molar-refractivity contribution in [3.8, 4) is 0 Å². The minimum atomic E-state index is -2.72. The third-order valence-corrected chi connectivity index (χ3v) is 3.77. The number of halogens is 1. The molecule has 0 aromatic rings.